The molecule has 0 spiro atoms. The van der Waals surface area contributed by atoms with Crippen LogP contribution in [0.2, 0.25) is 5.02 Å². The Labute approximate surface area is 218 Å². The Morgan fingerprint density at radius 2 is 2.00 bits per heavy atom. The van der Waals surface area contributed by atoms with Crippen molar-refractivity contribution in [2.45, 2.75) is 43.8 Å². The molecular formula is C27H35ClN2O2S2. The van der Waals surface area contributed by atoms with E-state index in [1.165, 1.54) is 5.56 Å². The maximum Gasteiger partial charge on any atom is 0.248 e. The number of benzene rings is 2. The number of amides is 1. The molecule has 2 aromatic carbocycles. The third-order valence-electron chi connectivity index (χ3n) is 5.81. The molecule has 0 saturated carbocycles. The van der Waals surface area contributed by atoms with Gasteiger partial charge in [0.2, 0.25) is 5.91 Å². The molecule has 1 heterocycles. The highest BCUT2D eigenvalue weighted by Gasteiger charge is 2.24. The van der Waals surface area contributed by atoms with Crippen molar-refractivity contribution < 1.29 is 9.53 Å². The number of halogens is 1. The Hall–Kier alpha value is -1.76. The monoisotopic (exact) mass is 518 g/mol. The number of nitrogens with zero attached hydrogens (tertiary/aromatic N) is 1. The van der Waals surface area contributed by atoms with Crippen LogP contribution in [0.4, 0.5) is 5.69 Å². The molecule has 2 N–H and O–H groups in total. The van der Waals surface area contributed by atoms with Crippen molar-refractivity contribution >= 4 is 47.6 Å². The Bertz CT molecular complexity index is 954. The van der Waals surface area contributed by atoms with Crippen molar-refractivity contribution in [1.29, 1.82) is 0 Å². The summed E-state index contributed by atoms with van der Waals surface area (Å²) in [5.41, 5.74) is 8.30. The van der Waals surface area contributed by atoms with Crippen molar-refractivity contribution in [2.24, 2.45) is 5.73 Å². The molecule has 3 rings (SSSR count). The standard InChI is InChI=1S/C27H35ClN2O2S2/c28-23-10-8-9-21(17-23)13-16-34-24-19-30(14-6-4-2-1-3-5-7-15-33)25-18-22(27(29)31)11-12-26(25)32-20-24/h1,3,8-12,17-18,24,33H,2,4-7,13-16,19-20H2,(H2,29,31)/b3-1+. The average Bonchev–Trinajstić information content (AvgIpc) is 3.00. The van der Waals surface area contributed by atoms with Gasteiger partial charge in [-0.05, 0) is 85.9 Å². The predicted octanol–water partition coefficient (Wildman–Crippen LogP) is 6.42. The molecule has 1 unspecified atom stereocenters. The molecule has 1 aliphatic rings. The fourth-order valence-corrected chi connectivity index (χ4v) is 5.51. The molecule has 4 nitrogen and oxygen atoms in total. The van der Waals surface area contributed by atoms with Crippen LogP contribution >= 0.6 is 36.0 Å². The van der Waals surface area contributed by atoms with E-state index < -0.39 is 5.91 Å². The lowest BCUT2D eigenvalue weighted by atomic mass is 10.1. The fourth-order valence-electron chi connectivity index (χ4n) is 3.98. The van der Waals surface area contributed by atoms with Gasteiger partial charge in [0.1, 0.15) is 12.4 Å². The zero-order chi connectivity index (χ0) is 24.2. The molecule has 1 atom stereocenters. The maximum absolute atomic E-state index is 11.8. The highest BCUT2D eigenvalue weighted by Crippen LogP contribution is 2.34. The number of ether oxygens (including phenoxy) is 1. The molecule has 1 aliphatic heterocycles. The van der Waals surface area contributed by atoms with E-state index in [0.717, 1.165) is 79.6 Å². The predicted molar refractivity (Wildman–Crippen MR) is 150 cm³/mol. The minimum Gasteiger partial charge on any atom is -0.490 e. The molecule has 7 heteroatoms. The van der Waals surface area contributed by atoms with Crippen LogP contribution < -0.4 is 15.4 Å². The number of fused-ring (bicyclic) bond motifs is 1. The zero-order valence-corrected chi connectivity index (χ0v) is 22.1. The normalized spacial score (nSPS) is 15.7. The Balaban J connectivity index is 1.59. The molecule has 184 valence electrons. The largest absolute Gasteiger partial charge is 0.490 e. The average molecular weight is 519 g/mol. The number of carbonyl (C=O) groups excluding carboxylic acids is 1. The summed E-state index contributed by atoms with van der Waals surface area (Å²) in [7, 11) is 0. The van der Waals surface area contributed by atoms with Gasteiger partial charge in [0, 0.05) is 23.7 Å². The second-order valence-corrected chi connectivity index (χ2v) is 10.8. The summed E-state index contributed by atoms with van der Waals surface area (Å²) in [5.74, 6) is 2.36. The van der Waals surface area contributed by atoms with E-state index in [4.69, 9.17) is 22.1 Å². The van der Waals surface area contributed by atoms with Gasteiger partial charge in [0.05, 0.1) is 10.9 Å². The van der Waals surface area contributed by atoms with E-state index in [-0.39, 0.29) is 0 Å². The summed E-state index contributed by atoms with van der Waals surface area (Å²) in [6, 6.07) is 13.6. The number of hydrogen-bond donors (Lipinski definition) is 2. The second-order valence-electron chi connectivity index (χ2n) is 8.51. The first-order valence-electron chi connectivity index (χ1n) is 12.0. The number of nitrogens with two attached hydrogens (primary N) is 1. The molecule has 0 aromatic heterocycles. The number of rotatable bonds is 13. The molecule has 0 saturated heterocycles. The number of thioether (sulfide) groups is 1. The van der Waals surface area contributed by atoms with Crippen molar-refractivity contribution in [3.05, 3.63) is 70.8 Å². The number of hydrogen-bond acceptors (Lipinski definition) is 5. The highest BCUT2D eigenvalue weighted by molar-refractivity contribution is 7.99. The zero-order valence-electron chi connectivity index (χ0n) is 19.6. The third-order valence-corrected chi connectivity index (χ3v) is 7.56. The summed E-state index contributed by atoms with van der Waals surface area (Å²) in [6.45, 7) is 2.45. The van der Waals surface area contributed by atoms with Crippen molar-refractivity contribution in [3.8, 4) is 5.75 Å². The summed E-state index contributed by atoms with van der Waals surface area (Å²) in [6.07, 6.45) is 11.0. The molecular weight excluding hydrogens is 484 g/mol. The van der Waals surface area contributed by atoms with Crippen LogP contribution in [-0.2, 0) is 6.42 Å². The van der Waals surface area contributed by atoms with Crippen molar-refractivity contribution in [2.75, 3.05) is 36.1 Å². The summed E-state index contributed by atoms with van der Waals surface area (Å²) < 4.78 is 6.18. The Morgan fingerprint density at radius 1 is 1.18 bits per heavy atom. The van der Waals surface area contributed by atoms with E-state index in [0.29, 0.717) is 17.4 Å². The van der Waals surface area contributed by atoms with Gasteiger partial charge >= 0.3 is 0 Å². The van der Waals surface area contributed by atoms with Crippen molar-refractivity contribution in [1.82, 2.24) is 0 Å². The quantitative estimate of drug-likeness (QED) is 0.182. The number of allylic oxidation sites excluding steroid dienone is 2. The number of primary amides is 1. The van der Waals surface area contributed by atoms with Gasteiger partial charge in [-0.15, -0.1) is 0 Å². The van der Waals surface area contributed by atoms with Gasteiger partial charge in [-0.2, -0.15) is 24.4 Å². The van der Waals surface area contributed by atoms with Crippen LogP contribution in [0.15, 0.2) is 54.6 Å². The van der Waals surface area contributed by atoms with Crippen molar-refractivity contribution in [3.63, 3.8) is 0 Å². The van der Waals surface area contributed by atoms with Gasteiger partial charge in [-0.25, -0.2) is 0 Å². The number of carbonyl (C=O) groups is 1. The van der Waals surface area contributed by atoms with E-state index in [9.17, 15) is 4.79 Å². The lowest BCUT2D eigenvalue weighted by Gasteiger charge is -2.26. The number of unbranched alkanes of at least 4 members (excludes halogenated alkanes) is 3. The lowest BCUT2D eigenvalue weighted by Crippen LogP contribution is -2.32. The molecule has 0 aliphatic carbocycles. The van der Waals surface area contributed by atoms with Gasteiger partial charge < -0.3 is 15.4 Å². The van der Waals surface area contributed by atoms with Crippen LogP contribution in [-0.4, -0.2) is 42.4 Å². The van der Waals surface area contributed by atoms with E-state index in [2.05, 4.69) is 35.7 Å². The van der Waals surface area contributed by atoms with Crippen LogP contribution in [0, 0.1) is 0 Å². The first kappa shape index (κ1) is 26.8. The highest BCUT2D eigenvalue weighted by atomic mass is 35.5. The first-order valence-corrected chi connectivity index (χ1v) is 14.1. The number of anilines is 1. The summed E-state index contributed by atoms with van der Waals surface area (Å²) in [5, 5.41) is 1.12. The Kier molecular flexibility index (Phi) is 11.5. The summed E-state index contributed by atoms with van der Waals surface area (Å²) in [4.78, 5) is 14.2. The molecule has 2 aromatic rings. The van der Waals surface area contributed by atoms with E-state index in [1.807, 2.05) is 42.1 Å². The molecule has 0 radical (unpaired) electrons. The second kappa shape index (κ2) is 14.6. The van der Waals surface area contributed by atoms with Gasteiger partial charge in [0.25, 0.3) is 0 Å². The topological polar surface area (TPSA) is 55.6 Å². The van der Waals surface area contributed by atoms with E-state index in [1.54, 1.807) is 6.07 Å². The lowest BCUT2D eigenvalue weighted by molar-refractivity contribution is 0.100. The van der Waals surface area contributed by atoms with Crippen LogP contribution in [0.5, 0.6) is 5.75 Å². The van der Waals surface area contributed by atoms with Crippen LogP contribution in [0.3, 0.4) is 0 Å². The van der Waals surface area contributed by atoms with Gasteiger partial charge in [-0.1, -0.05) is 35.9 Å². The van der Waals surface area contributed by atoms with Crippen LogP contribution in [0.25, 0.3) is 0 Å². The minimum absolute atomic E-state index is 0.338. The molecule has 0 bridgehead atoms. The fraction of sp³-hybridized carbons (Fsp3) is 0.444. The smallest absolute Gasteiger partial charge is 0.248 e. The molecule has 34 heavy (non-hydrogen) atoms. The maximum atomic E-state index is 11.8. The SMILES string of the molecule is NC(=O)c1ccc2c(c1)N(CCCC/C=C/CCCS)CC(SCCc1cccc(Cl)c1)CO2. The van der Waals surface area contributed by atoms with Crippen LogP contribution in [0.1, 0.15) is 48.0 Å². The van der Waals surface area contributed by atoms with Gasteiger partial charge in [-0.3, -0.25) is 4.79 Å². The first-order chi connectivity index (χ1) is 16.6. The third kappa shape index (κ3) is 8.79. The summed E-state index contributed by atoms with van der Waals surface area (Å²) >= 11 is 12.3. The van der Waals surface area contributed by atoms with Gasteiger partial charge in [0.15, 0.2) is 0 Å². The minimum atomic E-state index is -0.411. The van der Waals surface area contributed by atoms with E-state index >= 15 is 0 Å². The Morgan fingerprint density at radius 3 is 2.76 bits per heavy atom. The molecule has 0 fully saturated rings. The number of thiol groups is 1. The molecule has 1 amide bonds. The number of aryl methyl sites for hydroxylation is 1.